The van der Waals surface area contributed by atoms with E-state index in [1.165, 1.54) is 11.1 Å². The molecule has 0 aliphatic rings. The molecule has 0 aromatic heterocycles. The molecule has 0 heterocycles. The minimum absolute atomic E-state index is 0.539. The average molecular weight is 352 g/mol. The fraction of sp³-hybridized carbons (Fsp3) is 0.250. The first-order valence-corrected chi connectivity index (χ1v) is 7.23. The third-order valence-electron chi connectivity index (χ3n) is 3.22. The average Bonchev–Trinajstić information content (AvgIpc) is 2.41. The second-order valence-electron chi connectivity index (χ2n) is 4.48. The summed E-state index contributed by atoms with van der Waals surface area (Å²) in [6, 6.07) is 14.3. The monoisotopic (exact) mass is 352 g/mol. The van der Waals surface area contributed by atoms with E-state index in [0.29, 0.717) is 0 Å². The van der Waals surface area contributed by atoms with Crippen LogP contribution >= 0.6 is 22.6 Å². The first kappa shape index (κ1) is 13.6. The van der Waals surface area contributed by atoms with Gasteiger partial charge < -0.3 is 5.11 Å². The summed E-state index contributed by atoms with van der Waals surface area (Å²) in [7, 11) is 0. The number of aliphatic hydroxyl groups is 1. The Balaban J connectivity index is 2.35. The molecule has 1 N–H and O–H groups in total. The van der Waals surface area contributed by atoms with Crippen molar-refractivity contribution in [3.63, 3.8) is 0 Å². The molecule has 1 nitrogen and oxygen atoms in total. The Bertz CT molecular complexity index is 531. The summed E-state index contributed by atoms with van der Waals surface area (Å²) in [6.07, 6.45) is 0.487. The van der Waals surface area contributed by atoms with Crippen molar-refractivity contribution in [2.75, 3.05) is 0 Å². The van der Waals surface area contributed by atoms with E-state index < -0.39 is 6.10 Å². The lowest BCUT2D eigenvalue weighted by Crippen LogP contribution is -2.03. The highest BCUT2D eigenvalue weighted by Gasteiger charge is 2.14. The van der Waals surface area contributed by atoms with E-state index in [-0.39, 0.29) is 0 Å². The predicted molar refractivity (Wildman–Crippen MR) is 83.8 cm³/mol. The maximum Gasteiger partial charge on any atom is 0.105 e. The molecule has 0 spiro atoms. The van der Waals surface area contributed by atoms with Crippen LogP contribution in [0.3, 0.4) is 0 Å². The second kappa shape index (κ2) is 5.85. The molecule has 0 aliphatic heterocycles. The number of halogens is 1. The summed E-state index contributed by atoms with van der Waals surface area (Å²) in [5.74, 6) is 0. The number of hydrogen-bond donors (Lipinski definition) is 1. The van der Waals surface area contributed by atoms with Gasteiger partial charge >= 0.3 is 0 Å². The van der Waals surface area contributed by atoms with Crippen molar-refractivity contribution in [1.82, 2.24) is 0 Å². The van der Waals surface area contributed by atoms with Crippen LogP contribution in [0, 0.1) is 10.5 Å². The Morgan fingerprint density at radius 2 is 1.78 bits per heavy atom. The van der Waals surface area contributed by atoms with E-state index in [9.17, 15) is 5.11 Å². The molecule has 18 heavy (non-hydrogen) atoms. The van der Waals surface area contributed by atoms with Crippen molar-refractivity contribution in [2.24, 2.45) is 0 Å². The number of rotatable bonds is 3. The summed E-state index contributed by atoms with van der Waals surface area (Å²) in [5.41, 5.74) is 4.44. The van der Waals surface area contributed by atoms with E-state index in [4.69, 9.17) is 0 Å². The molecule has 0 saturated carbocycles. The zero-order valence-electron chi connectivity index (χ0n) is 10.7. The van der Waals surface area contributed by atoms with E-state index in [1.807, 2.05) is 24.3 Å². The minimum Gasteiger partial charge on any atom is -0.384 e. The normalized spacial score (nSPS) is 12.4. The van der Waals surface area contributed by atoms with Crippen molar-refractivity contribution in [3.05, 3.63) is 68.3 Å². The van der Waals surface area contributed by atoms with Crippen LogP contribution in [0.1, 0.15) is 35.3 Å². The van der Waals surface area contributed by atoms with Gasteiger partial charge in [0, 0.05) is 3.57 Å². The molecule has 0 fully saturated rings. The fourth-order valence-electron chi connectivity index (χ4n) is 2.00. The van der Waals surface area contributed by atoms with E-state index in [2.05, 4.69) is 54.6 Å². The van der Waals surface area contributed by atoms with Crippen LogP contribution in [-0.2, 0) is 6.42 Å². The summed E-state index contributed by atoms with van der Waals surface area (Å²) < 4.78 is 1.14. The van der Waals surface area contributed by atoms with Crippen molar-refractivity contribution in [2.45, 2.75) is 26.4 Å². The van der Waals surface area contributed by atoms with Gasteiger partial charge in [-0.15, -0.1) is 0 Å². The largest absolute Gasteiger partial charge is 0.384 e. The van der Waals surface area contributed by atoms with E-state index >= 15 is 0 Å². The van der Waals surface area contributed by atoms with Gasteiger partial charge in [-0.25, -0.2) is 0 Å². The van der Waals surface area contributed by atoms with Gasteiger partial charge in [0.05, 0.1) is 0 Å². The third-order valence-corrected chi connectivity index (χ3v) is 4.69. The quantitative estimate of drug-likeness (QED) is 0.819. The molecule has 0 bridgehead atoms. The molecule has 1 atom stereocenters. The molecule has 2 rings (SSSR count). The Kier molecular flexibility index (Phi) is 4.40. The molecule has 1 unspecified atom stereocenters. The van der Waals surface area contributed by atoms with Crippen LogP contribution in [0.2, 0.25) is 0 Å². The summed E-state index contributed by atoms with van der Waals surface area (Å²) >= 11 is 2.30. The number of benzene rings is 2. The van der Waals surface area contributed by atoms with Crippen molar-refractivity contribution >= 4 is 22.6 Å². The molecular formula is C16H17IO. The van der Waals surface area contributed by atoms with Crippen LogP contribution in [-0.4, -0.2) is 5.11 Å². The summed E-state index contributed by atoms with van der Waals surface area (Å²) in [4.78, 5) is 0. The molecule has 94 valence electrons. The Labute approximate surface area is 122 Å². The number of aryl methyl sites for hydroxylation is 2. The van der Waals surface area contributed by atoms with E-state index in [1.54, 1.807) is 0 Å². The van der Waals surface area contributed by atoms with Crippen molar-refractivity contribution in [3.8, 4) is 0 Å². The molecule has 0 saturated heterocycles. The minimum atomic E-state index is -0.539. The highest BCUT2D eigenvalue weighted by molar-refractivity contribution is 14.1. The molecule has 0 aliphatic carbocycles. The second-order valence-corrected chi connectivity index (χ2v) is 5.55. The molecule has 2 heteroatoms. The molecule has 2 aromatic rings. The molecule has 0 amide bonds. The Hall–Kier alpha value is -0.870. The summed E-state index contributed by atoms with van der Waals surface area (Å²) in [5, 5.41) is 10.5. The molecule has 2 aromatic carbocycles. The van der Waals surface area contributed by atoms with Gasteiger partial charge in [0.25, 0.3) is 0 Å². The van der Waals surface area contributed by atoms with Crippen LogP contribution in [0.4, 0.5) is 0 Å². The first-order valence-electron chi connectivity index (χ1n) is 6.15. The highest BCUT2D eigenvalue weighted by atomic mass is 127. The van der Waals surface area contributed by atoms with Gasteiger partial charge in [0.2, 0.25) is 0 Å². The van der Waals surface area contributed by atoms with Crippen LogP contribution in [0.15, 0.2) is 42.5 Å². The van der Waals surface area contributed by atoms with Gasteiger partial charge in [0.15, 0.2) is 0 Å². The van der Waals surface area contributed by atoms with Gasteiger partial charge in [-0.1, -0.05) is 49.4 Å². The van der Waals surface area contributed by atoms with Gasteiger partial charge in [-0.3, -0.25) is 0 Å². The Morgan fingerprint density at radius 1 is 1.11 bits per heavy atom. The smallest absolute Gasteiger partial charge is 0.105 e. The topological polar surface area (TPSA) is 20.2 Å². The van der Waals surface area contributed by atoms with Crippen molar-refractivity contribution in [1.29, 1.82) is 0 Å². The van der Waals surface area contributed by atoms with Crippen LogP contribution < -0.4 is 0 Å². The molecule has 0 radical (unpaired) electrons. The van der Waals surface area contributed by atoms with Crippen molar-refractivity contribution < 1.29 is 5.11 Å². The first-order chi connectivity index (χ1) is 8.63. The predicted octanol–water partition coefficient (Wildman–Crippen LogP) is 4.24. The van der Waals surface area contributed by atoms with Crippen LogP contribution in [0.5, 0.6) is 0 Å². The lowest BCUT2D eigenvalue weighted by atomic mass is 9.99. The maximum absolute atomic E-state index is 10.5. The molecular weight excluding hydrogens is 335 g/mol. The number of aliphatic hydroxyl groups excluding tert-OH is 1. The zero-order chi connectivity index (χ0) is 13.1. The maximum atomic E-state index is 10.5. The zero-order valence-corrected chi connectivity index (χ0v) is 12.8. The van der Waals surface area contributed by atoms with Gasteiger partial charge in [-0.2, -0.15) is 0 Å². The summed E-state index contributed by atoms with van der Waals surface area (Å²) in [6.45, 7) is 4.20. The number of hydrogen-bond acceptors (Lipinski definition) is 1. The SMILES string of the molecule is CCc1ccc(C(O)c2cccc(C)c2I)cc1. The van der Waals surface area contributed by atoms with E-state index in [0.717, 1.165) is 21.1 Å². The van der Waals surface area contributed by atoms with Crippen LogP contribution in [0.25, 0.3) is 0 Å². The fourth-order valence-corrected chi connectivity index (χ4v) is 2.65. The Morgan fingerprint density at radius 3 is 2.39 bits per heavy atom. The lowest BCUT2D eigenvalue weighted by molar-refractivity contribution is 0.219. The standard InChI is InChI=1S/C16H17IO/c1-3-12-7-9-13(10-8-12)16(18)14-6-4-5-11(2)15(14)17/h4-10,16,18H,3H2,1-2H3. The highest BCUT2D eigenvalue weighted by Crippen LogP contribution is 2.28. The van der Waals surface area contributed by atoms with Gasteiger partial charge in [-0.05, 0) is 58.2 Å². The van der Waals surface area contributed by atoms with Gasteiger partial charge in [0.1, 0.15) is 6.10 Å². The lowest BCUT2D eigenvalue weighted by Gasteiger charge is -2.15. The third kappa shape index (κ3) is 2.75.